The van der Waals surface area contributed by atoms with E-state index < -0.39 is 39.2 Å². The van der Waals surface area contributed by atoms with Gasteiger partial charge in [-0.05, 0) is 77.0 Å². The second kappa shape index (κ2) is 43.7. The smallest absolute Gasteiger partial charge is 0.457 e. The van der Waals surface area contributed by atoms with Crippen LogP contribution in [0.25, 0.3) is 0 Å². The average molecular weight is 825 g/mol. The predicted octanol–water partition coefficient (Wildman–Crippen LogP) is 12.8. The SMILES string of the molecule is CC/C=C\C/C=C\C/C=C\C/C=C\CCCCCCCCCOCC(COP(=O)(O)OCC(O)CO)OC(=O)CCCCCCC/C=C\CCCCCCCCC. The molecule has 0 fully saturated rings. The summed E-state index contributed by atoms with van der Waals surface area (Å²) in [5, 5.41) is 18.4. The monoisotopic (exact) mass is 825 g/mol. The molecule has 0 rings (SSSR count). The second-order valence-electron chi connectivity index (χ2n) is 15.0. The molecule has 10 heteroatoms. The Balaban J connectivity index is 4.18. The number of rotatable bonds is 43. The standard InChI is InChI=1S/C47H85O9P/c1-3-5-7-9-11-13-15-17-19-21-22-23-24-26-28-30-32-34-36-38-40-53-43-46(44-55-57(51,52)54-42-45(49)41-48)56-47(50)39-37-35-33-31-29-27-25-20-18-16-14-12-10-8-6-4-2/h5,7,11,13,17,19-20,22-23,25,45-46,48-49H,3-4,6,8-10,12,14-16,18,21,24,26-44H2,1-2H3,(H,51,52)/b7-5-,13-11-,19-17-,23-22-,25-20-. The van der Waals surface area contributed by atoms with Crippen LogP contribution in [0.3, 0.4) is 0 Å². The lowest BCUT2D eigenvalue weighted by atomic mass is 10.1. The third kappa shape index (κ3) is 43.6. The van der Waals surface area contributed by atoms with Crippen LogP contribution < -0.4 is 0 Å². The molecule has 0 spiro atoms. The minimum Gasteiger partial charge on any atom is -0.457 e. The van der Waals surface area contributed by atoms with Gasteiger partial charge in [-0.25, -0.2) is 4.57 Å². The Bertz CT molecular complexity index is 1070. The lowest BCUT2D eigenvalue weighted by Crippen LogP contribution is -2.29. The normalized spacial score (nSPS) is 14.5. The molecule has 0 aromatic carbocycles. The molecular weight excluding hydrogens is 739 g/mol. The lowest BCUT2D eigenvalue weighted by molar-refractivity contribution is -0.154. The number of phosphoric ester groups is 1. The zero-order chi connectivity index (χ0) is 41.8. The van der Waals surface area contributed by atoms with E-state index in [1.165, 1.54) is 77.0 Å². The minimum absolute atomic E-state index is 0.0365. The molecule has 0 aliphatic rings. The van der Waals surface area contributed by atoms with Gasteiger partial charge in [-0.2, -0.15) is 0 Å². The van der Waals surface area contributed by atoms with E-state index in [1.54, 1.807) is 0 Å². The van der Waals surface area contributed by atoms with Crippen molar-refractivity contribution in [2.24, 2.45) is 0 Å². The van der Waals surface area contributed by atoms with Crippen molar-refractivity contribution in [1.29, 1.82) is 0 Å². The van der Waals surface area contributed by atoms with Crippen molar-refractivity contribution < 1.29 is 43.0 Å². The predicted molar refractivity (Wildman–Crippen MR) is 237 cm³/mol. The van der Waals surface area contributed by atoms with Crippen LogP contribution in [-0.4, -0.2) is 66.3 Å². The number of hydrogen-bond donors (Lipinski definition) is 3. The number of aliphatic hydroxyl groups excluding tert-OH is 2. The van der Waals surface area contributed by atoms with Gasteiger partial charge in [0.15, 0.2) is 0 Å². The fraction of sp³-hybridized carbons (Fsp3) is 0.766. The van der Waals surface area contributed by atoms with Crippen LogP contribution in [0.1, 0.15) is 187 Å². The van der Waals surface area contributed by atoms with Crippen LogP contribution in [-0.2, 0) is 27.9 Å². The van der Waals surface area contributed by atoms with E-state index in [2.05, 4.69) is 74.6 Å². The molecule has 0 aromatic rings. The van der Waals surface area contributed by atoms with Crippen LogP contribution in [0.2, 0.25) is 0 Å². The molecule has 0 aliphatic carbocycles. The highest BCUT2D eigenvalue weighted by Gasteiger charge is 2.26. The number of unbranched alkanes of at least 4 members (excludes halogenated alkanes) is 19. The van der Waals surface area contributed by atoms with Gasteiger partial charge >= 0.3 is 13.8 Å². The molecule has 0 radical (unpaired) electrons. The highest BCUT2D eigenvalue weighted by atomic mass is 31.2. The molecule has 332 valence electrons. The van der Waals surface area contributed by atoms with Crippen LogP contribution >= 0.6 is 7.82 Å². The van der Waals surface area contributed by atoms with E-state index in [-0.39, 0.29) is 19.6 Å². The van der Waals surface area contributed by atoms with Gasteiger partial charge in [0, 0.05) is 13.0 Å². The van der Waals surface area contributed by atoms with Crippen molar-refractivity contribution in [3.8, 4) is 0 Å². The first-order valence-corrected chi connectivity index (χ1v) is 24.3. The molecule has 0 aliphatic heterocycles. The Morgan fingerprint density at radius 3 is 1.53 bits per heavy atom. The Morgan fingerprint density at radius 2 is 1.00 bits per heavy atom. The molecule has 3 unspecified atom stereocenters. The van der Waals surface area contributed by atoms with Gasteiger partial charge in [0.25, 0.3) is 0 Å². The van der Waals surface area contributed by atoms with E-state index in [0.29, 0.717) is 13.0 Å². The highest BCUT2D eigenvalue weighted by Crippen LogP contribution is 2.43. The van der Waals surface area contributed by atoms with Crippen molar-refractivity contribution in [2.45, 2.75) is 199 Å². The Hall–Kier alpha value is -1.84. The molecule has 3 atom stereocenters. The summed E-state index contributed by atoms with van der Waals surface area (Å²) < 4.78 is 33.4. The number of carbonyl (C=O) groups excluding carboxylic acids is 1. The first-order valence-electron chi connectivity index (χ1n) is 22.8. The molecule has 0 saturated carbocycles. The number of carbonyl (C=O) groups is 1. The molecule has 0 amide bonds. The number of esters is 1. The summed E-state index contributed by atoms with van der Waals surface area (Å²) in [5.74, 6) is -0.396. The molecule has 57 heavy (non-hydrogen) atoms. The number of hydrogen-bond acceptors (Lipinski definition) is 8. The molecule has 0 aromatic heterocycles. The molecular formula is C47H85O9P. The summed E-state index contributed by atoms with van der Waals surface area (Å²) in [4.78, 5) is 22.6. The van der Waals surface area contributed by atoms with Crippen LogP contribution in [0.5, 0.6) is 0 Å². The maximum absolute atomic E-state index is 12.6. The molecule has 0 saturated heterocycles. The van der Waals surface area contributed by atoms with Crippen molar-refractivity contribution >= 4 is 13.8 Å². The number of allylic oxidation sites excluding steroid dienone is 10. The van der Waals surface area contributed by atoms with Crippen molar-refractivity contribution in [3.05, 3.63) is 60.8 Å². The lowest BCUT2D eigenvalue weighted by Gasteiger charge is -2.20. The summed E-state index contributed by atoms with van der Waals surface area (Å²) in [5.41, 5.74) is 0. The first-order chi connectivity index (χ1) is 27.8. The Kier molecular flexibility index (Phi) is 42.3. The minimum atomic E-state index is -4.53. The van der Waals surface area contributed by atoms with Gasteiger partial charge < -0.3 is 24.6 Å². The van der Waals surface area contributed by atoms with Crippen molar-refractivity contribution in [1.82, 2.24) is 0 Å². The van der Waals surface area contributed by atoms with Crippen LogP contribution in [0.4, 0.5) is 0 Å². The van der Waals surface area contributed by atoms with E-state index in [1.807, 2.05) is 0 Å². The molecule has 9 nitrogen and oxygen atoms in total. The summed E-state index contributed by atoms with van der Waals surface area (Å²) in [7, 11) is -4.53. The summed E-state index contributed by atoms with van der Waals surface area (Å²) >= 11 is 0. The second-order valence-corrected chi connectivity index (χ2v) is 16.5. The first kappa shape index (κ1) is 55.2. The van der Waals surface area contributed by atoms with Crippen molar-refractivity contribution in [2.75, 3.05) is 33.0 Å². The van der Waals surface area contributed by atoms with Gasteiger partial charge in [0.05, 0.1) is 26.4 Å². The molecule has 0 bridgehead atoms. The van der Waals surface area contributed by atoms with Crippen molar-refractivity contribution in [3.63, 3.8) is 0 Å². The zero-order valence-corrected chi connectivity index (χ0v) is 37.2. The van der Waals surface area contributed by atoms with Crippen LogP contribution in [0, 0.1) is 0 Å². The van der Waals surface area contributed by atoms with E-state index in [0.717, 1.165) is 83.5 Å². The van der Waals surface area contributed by atoms with Gasteiger partial charge in [0.1, 0.15) is 12.2 Å². The highest BCUT2D eigenvalue weighted by molar-refractivity contribution is 7.47. The maximum Gasteiger partial charge on any atom is 0.472 e. The van der Waals surface area contributed by atoms with Gasteiger partial charge in [-0.3, -0.25) is 13.8 Å². The van der Waals surface area contributed by atoms with Crippen LogP contribution in [0.15, 0.2) is 60.8 Å². The quantitative estimate of drug-likeness (QED) is 0.0238. The Labute approximate surface area is 349 Å². The maximum atomic E-state index is 12.6. The zero-order valence-electron chi connectivity index (χ0n) is 36.3. The number of phosphoric acid groups is 1. The van der Waals surface area contributed by atoms with E-state index in [9.17, 15) is 19.4 Å². The summed E-state index contributed by atoms with van der Waals surface area (Å²) in [6.45, 7) is 3.37. The third-order valence-electron chi connectivity index (χ3n) is 9.44. The fourth-order valence-electron chi connectivity index (χ4n) is 5.99. The summed E-state index contributed by atoms with van der Waals surface area (Å²) in [6, 6.07) is 0. The van der Waals surface area contributed by atoms with Gasteiger partial charge in [-0.1, -0.05) is 164 Å². The fourth-order valence-corrected chi connectivity index (χ4v) is 6.78. The molecule has 3 N–H and O–H groups in total. The van der Waals surface area contributed by atoms with Gasteiger partial charge in [0.2, 0.25) is 0 Å². The topological polar surface area (TPSA) is 132 Å². The number of ether oxygens (including phenoxy) is 2. The Morgan fingerprint density at radius 1 is 0.561 bits per heavy atom. The average Bonchev–Trinajstić information content (AvgIpc) is 3.20. The molecule has 0 heterocycles. The number of aliphatic hydroxyl groups is 2. The third-order valence-corrected chi connectivity index (χ3v) is 10.4. The largest absolute Gasteiger partial charge is 0.472 e. The van der Waals surface area contributed by atoms with Gasteiger partial charge in [-0.15, -0.1) is 0 Å². The summed E-state index contributed by atoms with van der Waals surface area (Å²) in [6.07, 6.45) is 50.3. The van der Waals surface area contributed by atoms with E-state index in [4.69, 9.17) is 23.6 Å². The van der Waals surface area contributed by atoms with E-state index >= 15 is 0 Å².